The number of halogens is 2. The van der Waals surface area contributed by atoms with Gasteiger partial charge >= 0.3 is 6.09 Å². The van der Waals surface area contributed by atoms with Crippen molar-refractivity contribution < 1.29 is 9.53 Å². The Kier molecular flexibility index (Phi) is 7.66. The predicted octanol–water partition coefficient (Wildman–Crippen LogP) is 4.50. The summed E-state index contributed by atoms with van der Waals surface area (Å²) in [5.74, 6) is 0. The van der Waals surface area contributed by atoms with E-state index in [4.69, 9.17) is 16.3 Å². The lowest BCUT2D eigenvalue weighted by Crippen LogP contribution is -2.43. The summed E-state index contributed by atoms with van der Waals surface area (Å²) >= 11 is 9.58. The Hall–Kier alpha value is -0.780. The van der Waals surface area contributed by atoms with Crippen molar-refractivity contribution in [2.24, 2.45) is 0 Å². The van der Waals surface area contributed by atoms with Gasteiger partial charge in [0.25, 0.3) is 0 Å². The molecule has 22 heavy (non-hydrogen) atoms. The van der Waals surface area contributed by atoms with Crippen LogP contribution in [0.2, 0.25) is 5.02 Å². The molecule has 0 heterocycles. The standard InChI is InChI=1S/C16H24BrClN2O2/c1-5-13(20-15(21)22-16(2,3)4)10-19-9-11-8-12(17)6-7-14(11)18/h6-8,13,19H,5,9-10H2,1-4H3,(H,20,21). The van der Waals surface area contributed by atoms with E-state index in [1.165, 1.54) is 0 Å². The molecular weight excluding hydrogens is 368 g/mol. The number of carbonyl (C=O) groups excluding carboxylic acids is 1. The van der Waals surface area contributed by atoms with E-state index in [0.29, 0.717) is 13.1 Å². The van der Waals surface area contributed by atoms with E-state index in [0.717, 1.165) is 21.5 Å². The maximum absolute atomic E-state index is 11.8. The van der Waals surface area contributed by atoms with Gasteiger partial charge in [-0.2, -0.15) is 0 Å². The molecule has 4 nitrogen and oxygen atoms in total. The minimum Gasteiger partial charge on any atom is -0.444 e. The van der Waals surface area contributed by atoms with Crippen LogP contribution < -0.4 is 10.6 Å². The molecule has 0 saturated carbocycles. The highest BCUT2D eigenvalue weighted by molar-refractivity contribution is 9.10. The molecule has 0 saturated heterocycles. The van der Waals surface area contributed by atoms with Crippen molar-refractivity contribution in [2.75, 3.05) is 6.54 Å². The molecule has 1 amide bonds. The van der Waals surface area contributed by atoms with Crippen LogP contribution in [0.5, 0.6) is 0 Å². The molecule has 0 spiro atoms. The normalized spacial score (nSPS) is 12.8. The molecular formula is C16H24BrClN2O2. The van der Waals surface area contributed by atoms with Gasteiger partial charge in [0.15, 0.2) is 0 Å². The second-order valence-corrected chi connectivity index (χ2v) is 7.44. The van der Waals surface area contributed by atoms with Crippen LogP contribution in [0.1, 0.15) is 39.7 Å². The van der Waals surface area contributed by atoms with Gasteiger partial charge in [-0.05, 0) is 51.0 Å². The molecule has 0 aliphatic carbocycles. The van der Waals surface area contributed by atoms with Crippen LogP contribution in [-0.4, -0.2) is 24.3 Å². The van der Waals surface area contributed by atoms with Gasteiger partial charge in [0.05, 0.1) is 0 Å². The van der Waals surface area contributed by atoms with E-state index >= 15 is 0 Å². The molecule has 0 aromatic heterocycles. The first kappa shape index (κ1) is 19.3. The Bertz CT molecular complexity index is 503. The van der Waals surface area contributed by atoms with Crippen molar-refractivity contribution in [3.63, 3.8) is 0 Å². The summed E-state index contributed by atoms with van der Waals surface area (Å²) in [6, 6.07) is 5.77. The first-order valence-corrected chi connectivity index (χ1v) is 8.52. The SMILES string of the molecule is CCC(CNCc1cc(Br)ccc1Cl)NC(=O)OC(C)(C)C. The lowest BCUT2D eigenvalue weighted by Gasteiger charge is -2.23. The molecule has 2 N–H and O–H groups in total. The molecule has 0 aliphatic heterocycles. The number of alkyl carbamates (subject to hydrolysis) is 1. The molecule has 1 aromatic rings. The highest BCUT2D eigenvalue weighted by Crippen LogP contribution is 2.20. The van der Waals surface area contributed by atoms with E-state index in [-0.39, 0.29) is 12.1 Å². The molecule has 124 valence electrons. The number of hydrogen-bond acceptors (Lipinski definition) is 3. The third-order valence-electron chi connectivity index (χ3n) is 2.93. The van der Waals surface area contributed by atoms with E-state index < -0.39 is 5.60 Å². The number of carbonyl (C=O) groups is 1. The Morgan fingerprint density at radius 3 is 2.68 bits per heavy atom. The lowest BCUT2D eigenvalue weighted by molar-refractivity contribution is 0.0502. The van der Waals surface area contributed by atoms with Crippen molar-refractivity contribution in [2.45, 2.75) is 52.3 Å². The summed E-state index contributed by atoms with van der Waals surface area (Å²) < 4.78 is 6.26. The van der Waals surface area contributed by atoms with Crippen molar-refractivity contribution in [3.05, 3.63) is 33.3 Å². The minimum absolute atomic E-state index is 0.0146. The summed E-state index contributed by atoms with van der Waals surface area (Å²) in [5, 5.41) is 6.91. The number of rotatable bonds is 6. The second-order valence-electron chi connectivity index (χ2n) is 6.12. The van der Waals surface area contributed by atoms with Crippen LogP contribution in [0.4, 0.5) is 4.79 Å². The molecule has 1 unspecified atom stereocenters. The van der Waals surface area contributed by atoms with Crippen LogP contribution in [0.25, 0.3) is 0 Å². The Morgan fingerprint density at radius 1 is 1.41 bits per heavy atom. The maximum Gasteiger partial charge on any atom is 0.407 e. The molecule has 0 radical (unpaired) electrons. The average molecular weight is 392 g/mol. The lowest BCUT2D eigenvalue weighted by atomic mass is 10.2. The Labute approximate surface area is 146 Å². The second kappa shape index (κ2) is 8.75. The summed E-state index contributed by atoms with van der Waals surface area (Å²) in [5.41, 5.74) is 0.530. The van der Waals surface area contributed by atoms with Crippen LogP contribution in [0.15, 0.2) is 22.7 Å². The number of hydrogen-bond donors (Lipinski definition) is 2. The van der Waals surface area contributed by atoms with Crippen LogP contribution >= 0.6 is 27.5 Å². The summed E-state index contributed by atoms with van der Waals surface area (Å²) in [7, 11) is 0. The van der Waals surface area contributed by atoms with Gasteiger partial charge in [0.1, 0.15) is 5.60 Å². The third kappa shape index (κ3) is 7.47. The Morgan fingerprint density at radius 2 is 2.09 bits per heavy atom. The smallest absolute Gasteiger partial charge is 0.407 e. The highest BCUT2D eigenvalue weighted by atomic mass is 79.9. The molecule has 0 fully saturated rings. The van der Waals surface area contributed by atoms with Crippen molar-refractivity contribution in [1.29, 1.82) is 0 Å². The molecule has 6 heteroatoms. The number of benzene rings is 1. The number of ether oxygens (including phenoxy) is 1. The Balaban J connectivity index is 2.44. The summed E-state index contributed by atoms with van der Waals surface area (Å²) in [4.78, 5) is 11.8. The fourth-order valence-electron chi connectivity index (χ4n) is 1.83. The van der Waals surface area contributed by atoms with Gasteiger partial charge < -0.3 is 15.4 Å². The quantitative estimate of drug-likeness (QED) is 0.751. The topological polar surface area (TPSA) is 50.4 Å². The van der Waals surface area contributed by atoms with E-state index in [9.17, 15) is 4.79 Å². The molecule has 0 bridgehead atoms. The van der Waals surface area contributed by atoms with Gasteiger partial charge in [-0.25, -0.2) is 4.79 Å². The molecule has 1 atom stereocenters. The van der Waals surface area contributed by atoms with E-state index in [2.05, 4.69) is 26.6 Å². The molecule has 1 rings (SSSR count). The largest absolute Gasteiger partial charge is 0.444 e. The van der Waals surface area contributed by atoms with E-state index in [1.807, 2.05) is 45.9 Å². The average Bonchev–Trinajstić information content (AvgIpc) is 2.39. The van der Waals surface area contributed by atoms with Crippen molar-refractivity contribution in [1.82, 2.24) is 10.6 Å². The predicted molar refractivity (Wildman–Crippen MR) is 94.3 cm³/mol. The monoisotopic (exact) mass is 390 g/mol. The molecule has 0 aliphatic rings. The first-order chi connectivity index (χ1) is 10.2. The van der Waals surface area contributed by atoms with Crippen LogP contribution in [0.3, 0.4) is 0 Å². The van der Waals surface area contributed by atoms with Gasteiger partial charge in [0, 0.05) is 28.6 Å². The number of nitrogens with one attached hydrogen (secondary N) is 2. The highest BCUT2D eigenvalue weighted by Gasteiger charge is 2.18. The zero-order valence-corrected chi connectivity index (χ0v) is 15.8. The number of amides is 1. The summed E-state index contributed by atoms with van der Waals surface area (Å²) in [6.45, 7) is 8.86. The van der Waals surface area contributed by atoms with Crippen molar-refractivity contribution >= 4 is 33.6 Å². The fourth-order valence-corrected chi connectivity index (χ4v) is 2.42. The minimum atomic E-state index is -0.486. The van der Waals surface area contributed by atoms with Gasteiger partial charge in [-0.1, -0.05) is 34.5 Å². The van der Waals surface area contributed by atoms with Crippen LogP contribution in [-0.2, 0) is 11.3 Å². The van der Waals surface area contributed by atoms with Crippen molar-refractivity contribution in [3.8, 4) is 0 Å². The fraction of sp³-hybridized carbons (Fsp3) is 0.562. The van der Waals surface area contributed by atoms with Gasteiger partial charge in [0.2, 0.25) is 0 Å². The zero-order valence-electron chi connectivity index (χ0n) is 13.5. The first-order valence-electron chi connectivity index (χ1n) is 7.35. The van der Waals surface area contributed by atoms with E-state index in [1.54, 1.807) is 0 Å². The zero-order chi connectivity index (χ0) is 16.8. The summed E-state index contributed by atoms with van der Waals surface area (Å²) in [6.07, 6.45) is 0.431. The van der Waals surface area contributed by atoms with Gasteiger partial charge in [-0.3, -0.25) is 0 Å². The van der Waals surface area contributed by atoms with Gasteiger partial charge in [-0.15, -0.1) is 0 Å². The van der Waals surface area contributed by atoms with Crippen LogP contribution in [0, 0.1) is 0 Å². The maximum atomic E-state index is 11.8. The third-order valence-corrected chi connectivity index (χ3v) is 3.79. The molecule has 1 aromatic carbocycles.